The number of ether oxygens (including phenoxy) is 3. The predicted octanol–water partition coefficient (Wildman–Crippen LogP) is -3.99. The molecule has 0 spiro atoms. The summed E-state index contributed by atoms with van der Waals surface area (Å²) in [5, 5.41) is 69.0. The second-order valence-electron chi connectivity index (χ2n) is 6.55. The van der Waals surface area contributed by atoms with Crippen LogP contribution in [0.2, 0.25) is 0 Å². The SMILES string of the molecule is O=C(CBr)C[C@@H]1O[C@H](CO)[C@@H](O[C@@H]2O[C@H](CO)[C@@H](O)[C@H](O)[C@H]2O)[C@H](O)[C@H]1O. The summed E-state index contributed by atoms with van der Waals surface area (Å²) in [6.45, 7) is -1.30. The molecule has 0 aliphatic carbocycles. The van der Waals surface area contributed by atoms with Gasteiger partial charge in [0.25, 0.3) is 0 Å². The standard InChI is InChI=1S/C15H25BrO11/c16-2-5(19)1-6-9(20)12(23)14(8(4-18)25-6)27-15-13(24)11(22)10(21)7(3-17)26-15/h6-15,17-18,20-24H,1-4H2/t6-,7+,8+,9-,10+,11-,12+,13+,14+,15-/m0/s1. The molecule has 11 nitrogen and oxygen atoms in total. The fourth-order valence-electron chi connectivity index (χ4n) is 3.11. The van der Waals surface area contributed by atoms with Gasteiger partial charge in [-0.25, -0.2) is 0 Å². The molecule has 7 N–H and O–H groups in total. The van der Waals surface area contributed by atoms with Gasteiger partial charge in [0.1, 0.15) is 54.6 Å². The molecule has 2 fully saturated rings. The summed E-state index contributed by atoms with van der Waals surface area (Å²) in [6.07, 6.45) is -14.7. The third-order valence-electron chi connectivity index (χ3n) is 4.68. The molecule has 0 bridgehead atoms. The molecule has 2 heterocycles. The zero-order valence-electron chi connectivity index (χ0n) is 14.2. The third-order valence-corrected chi connectivity index (χ3v) is 5.31. The van der Waals surface area contributed by atoms with Crippen molar-refractivity contribution in [2.24, 2.45) is 0 Å². The van der Waals surface area contributed by atoms with Crippen molar-refractivity contribution in [1.29, 1.82) is 0 Å². The molecule has 0 saturated carbocycles. The first-order valence-electron chi connectivity index (χ1n) is 8.41. The molecule has 0 aromatic heterocycles. The van der Waals surface area contributed by atoms with Crippen LogP contribution < -0.4 is 0 Å². The molecule has 2 saturated heterocycles. The van der Waals surface area contributed by atoms with Gasteiger partial charge in [-0.2, -0.15) is 0 Å². The van der Waals surface area contributed by atoms with Gasteiger partial charge in [0.05, 0.1) is 24.6 Å². The summed E-state index contributed by atoms with van der Waals surface area (Å²) in [5.41, 5.74) is 0. The lowest BCUT2D eigenvalue weighted by molar-refractivity contribution is -0.341. The Labute approximate surface area is 163 Å². The normalized spacial score (nSPS) is 45.6. The van der Waals surface area contributed by atoms with Gasteiger partial charge in [0, 0.05) is 6.42 Å². The lowest BCUT2D eigenvalue weighted by Gasteiger charge is -2.46. The van der Waals surface area contributed by atoms with E-state index in [2.05, 4.69) is 15.9 Å². The minimum absolute atomic E-state index is 0.0320. The number of aliphatic hydroxyl groups excluding tert-OH is 7. The fourth-order valence-corrected chi connectivity index (χ4v) is 3.34. The molecular weight excluding hydrogens is 436 g/mol. The van der Waals surface area contributed by atoms with Crippen LogP contribution in [0.3, 0.4) is 0 Å². The van der Waals surface area contributed by atoms with Crippen LogP contribution in [0.5, 0.6) is 0 Å². The van der Waals surface area contributed by atoms with E-state index in [0.717, 1.165) is 0 Å². The predicted molar refractivity (Wildman–Crippen MR) is 89.8 cm³/mol. The van der Waals surface area contributed by atoms with Gasteiger partial charge in [-0.15, -0.1) is 0 Å². The first kappa shape index (κ1) is 23.0. The maximum atomic E-state index is 11.6. The van der Waals surface area contributed by atoms with E-state index in [0.29, 0.717) is 0 Å². The number of hydrogen-bond acceptors (Lipinski definition) is 11. The Balaban J connectivity index is 2.11. The second-order valence-corrected chi connectivity index (χ2v) is 7.11. The summed E-state index contributed by atoms with van der Waals surface area (Å²) in [5.74, 6) is -0.281. The van der Waals surface area contributed by atoms with Crippen LogP contribution in [0.15, 0.2) is 0 Å². The van der Waals surface area contributed by atoms with Crippen molar-refractivity contribution in [3.63, 3.8) is 0 Å². The van der Waals surface area contributed by atoms with E-state index < -0.39 is 74.4 Å². The van der Waals surface area contributed by atoms with Crippen LogP contribution in [-0.4, -0.2) is 121 Å². The van der Waals surface area contributed by atoms with Crippen LogP contribution in [-0.2, 0) is 19.0 Å². The Hall–Kier alpha value is -0.250. The van der Waals surface area contributed by atoms with E-state index in [1.807, 2.05) is 0 Å². The van der Waals surface area contributed by atoms with Crippen molar-refractivity contribution in [3.8, 4) is 0 Å². The van der Waals surface area contributed by atoms with Gasteiger partial charge in [-0.1, -0.05) is 15.9 Å². The summed E-state index contributed by atoms with van der Waals surface area (Å²) in [4.78, 5) is 11.6. The van der Waals surface area contributed by atoms with Gasteiger partial charge in [0.2, 0.25) is 0 Å². The molecule has 0 aromatic rings. The van der Waals surface area contributed by atoms with Gasteiger partial charge < -0.3 is 50.0 Å². The molecule has 10 atom stereocenters. The monoisotopic (exact) mass is 460 g/mol. The van der Waals surface area contributed by atoms with Crippen LogP contribution in [0.25, 0.3) is 0 Å². The average molecular weight is 461 g/mol. The largest absolute Gasteiger partial charge is 0.394 e. The topological polar surface area (TPSA) is 186 Å². The Morgan fingerprint density at radius 2 is 1.41 bits per heavy atom. The lowest BCUT2D eigenvalue weighted by Crippen LogP contribution is -2.64. The summed E-state index contributed by atoms with van der Waals surface area (Å²) in [6, 6.07) is 0. The quantitative estimate of drug-likeness (QED) is 0.183. The molecule has 12 heteroatoms. The van der Waals surface area contributed by atoms with Crippen LogP contribution >= 0.6 is 15.9 Å². The number of alkyl halides is 1. The molecule has 0 aromatic carbocycles. The number of Topliss-reactive ketones (excluding diaryl/α,β-unsaturated/α-hetero) is 1. The van der Waals surface area contributed by atoms with Crippen molar-refractivity contribution in [2.45, 2.75) is 67.6 Å². The number of carbonyl (C=O) groups is 1. The maximum absolute atomic E-state index is 11.6. The van der Waals surface area contributed by atoms with Crippen molar-refractivity contribution < 1.29 is 54.8 Å². The highest BCUT2D eigenvalue weighted by Crippen LogP contribution is 2.30. The molecule has 0 amide bonds. The highest BCUT2D eigenvalue weighted by atomic mass is 79.9. The molecule has 2 aliphatic rings. The third kappa shape index (κ3) is 5.03. The van der Waals surface area contributed by atoms with Crippen LogP contribution in [0, 0.1) is 0 Å². The zero-order valence-corrected chi connectivity index (χ0v) is 15.8. The van der Waals surface area contributed by atoms with Gasteiger partial charge >= 0.3 is 0 Å². The molecular formula is C15H25BrO11. The Morgan fingerprint density at radius 3 is 1.96 bits per heavy atom. The minimum Gasteiger partial charge on any atom is -0.394 e. The number of rotatable bonds is 7. The second kappa shape index (κ2) is 9.98. The van der Waals surface area contributed by atoms with Gasteiger partial charge in [-0.3, -0.25) is 4.79 Å². The van der Waals surface area contributed by atoms with E-state index in [-0.39, 0.29) is 17.5 Å². The molecule has 0 radical (unpaired) electrons. The van der Waals surface area contributed by atoms with Crippen molar-refractivity contribution in [3.05, 3.63) is 0 Å². The highest BCUT2D eigenvalue weighted by molar-refractivity contribution is 9.09. The maximum Gasteiger partial charge on any atom is 0.187 e. The first-order chi connectivity index (χ1) is 12.7. The van der Waals surface area contributed by atoms with E-state index >= 15 is 0 Å². The van der Waals surface area contributed by atoms with E-state index in [4.69, 9.17) is 14.2 Å². The number of aliphatic hydroxyl groups is 7. The van der Waals surface area contributed by atoms with Crippen molar-refractivity contribution in [2.75, 3.05) is 18.5 Å². The average Bonchev–Trinajstić information content (AvgIpc) is 2.67. The molecule has 27 heavy (non-hydrogen) atoms. The summed E-state index contributed by atoms with van der Waals surface area (Å²) >= 11 is 2.98. The smallest absolute Gasteiger partial charge is 0.187 e. The molecule has 158 valence electrons. The number of hydrogen-bond donors (Lipinski definition) is 7. The summed E-state index contributed by atoms with van der Waals surface area (Å²) in [7, 11) is 0. The van der Waals surface area contributed by atoms with Gasteiger partial charge in [0.15, 0.2) is 6.29 Å². The van der Waals surface area contributed by atoms with E-state index in [1.54, 1.807) is 0 Å². The fraction of sp³-hybridized carbons (Fsp3) is 0.933. The number of ketones is 1. The Kier molecular flexibility index (Phi) is 8.52. The van der Waals surface area contributed by atoms with Gasteiger partial charge in [-0.05, 0) is 0 Å². The zero-order chi connectivity index (χ0) is 20.3. The molecule has 2 aliphatic heterocycles. The summed E-state index contributed by atoms with van der Waals surface area (Å²) < 4.78 is 16.1. The Bertz CT molecular complexity index is 490. The molecule has 2 rings (SSSR count). The first-order valence-corrected chi connectivity index (χ1v) is 9.53. The Morgan fingerprint density at radius 1 is 0.815 bits per heavy atom. The number of carbonyl (C=O) groups excluding carboxylic acids is 1. The lowest BCUT2D eigenvalue weighted by atomic mass is 9.92. The number of halogens is 1. The van der Waals surface area contributed by atoms with E-state index in [1.165, 1.54) is 0 Å². The van der Waals surface area contributed by atoms with Crippen molar-refractivity contribution >= 4 is 21.7 Å². The minimum atomic E-state index is -1.72. The van der Waals surface area contributed by atoms with Crippen LogP contribution in [0.4, 0.5) is 0 Å². The highest BCUT2D eigenvalue weighted by Gasteiger charge is 2.50. The molecule has 0 unspecified atom stereocenters. The van der Waals surface area contributed by atoms with Crippen LogP contribution in [0.1, 0.15) is 6.42 Å². The van der Waals surface area contributed by atoms with Crippen molar-refractivity contribution in [1.82, 2.24) is 0 Å². The van der Waals surface area contributed by atoms with E-state index in [9.17, 15) is 40.5 Å².